The first-order valence-corrected chi connectivity index (χ1v) is 13.3. The first-order chi connectivity index (χ1) is 16.7. The van der Waals surface area contributed by atoms with Crippen molar-refractivity contribution < 1.29 is 4.79 Å². The minimum atomic E-state index is -0.0807. The van der Waals surface area contributed by atoms with Gasteiger partial charge in [-0.15, -0.1) is 11.8 Å². The molecule has 0 aromatic heterocycles. The third kappa shape index (κ3) is 5.38. The van der Waals surface area contributed by atoms with Gasteiger partial charge in [0.2, 0.25) is 5.91 Å². The van der Waals surface area contributed by atoms with Crippen molar-refractivity contribution in [2.75, 3.05) is 36.8 Å². The first kappa shape index (κ1) is 23.2. The van der Waals surface area contributed by atoms with Crippen LogP contribution in [0.15, 0.2) is 91.0 Å². The Bertz CT molecular complexity index is 1010. The number of hydrogen-bond donors (Lipinski definition) is 0. The topological polar surface area (TPSA) is 26.8 Å². The van der Waals surface area contributed by atoms with Gasteiger partial charge in [0.25, 0.3) is 0 Å². The molecule has 34 heavy (non-hydrogen) atoms. The Labute approximate surface area is 207 Å². The lowest BCUT2D eigenvalue weighted by Gasteiger charge is -2.44. The molecule has 2 fully saturated rings. The summed E-state index contributed by atoms with van der Waals surface area (Å²) in [6, 6.07) is 31.8. The van der Waals surface area contributed by atoms with Gasteiger partial charge < -0.3 is 4.90 Å². The summed E-state index contributed by atoms with van der Waals surface area (Å²) in [5.41, 5.74) is 3.76. The Balaban J connectivity index is 1.21. The number of piperidine rings is 1. The molecule has 2 saturated heterocycles. The van der Waals surface area contributed by atoms with Gasteiger partial charge in [-0.3, -0.25) is 14.6 Å². The second-order valence-electron chi connectivity index (χ2n) is 9.32. The predicted molar refractivity (Wildman–Crippen MR) is 142 cm³/mol. The molecule has 0 atom stereocenters. The fourth-order valence-corrected chi connectivity index (χ4v) is 6.51. The highest BCUT2D eigenvalue weighted by molar-refractivity contribution is 8.02. The van der Waals surface area contributed by atoms with Crippen molar-refractivity contribution in [2.24, 2.45) is 0 Å². The number of thioether (sulfide) groups is 1. The van der Waals surface area contributed by atoms with Crippen LogP contribution in [0, 0.1) is 0 Å². The molecular weight excluding hydrogens is 438 g/mol. The van der Waals surface area contributed by atoms with Crippen LogP contribution >= 0.6 is 11.8 Å². The van der Waals surface area contributed by atoms with Crippen molar-refractivity contribution in [2.45, 2.75) is 30.8 Å². The number of carbonyl (C=O) groups is 1. The summed E-state index contributed by atoms with van der Waals surface area (Å²) < 4.78 is 0. The summed E-state index contributed by atoms with van der Waals surface area (Å²) in [6.07, 6.45) is 2.05. The molecule has 0 aliphatic carbocycles. The summed E-state index contributed by atoms with van der Waals surface area (Å²) >= 11 is 1.85. The molecule has 1 amide bonds. The maximum Gasteiger partial charge on any atom is 0.238 e. The number of amides is 1. The minimum absolute atomic E-state index is 0.0807. The molecule has 4 nitrogen and oxygen atoms in total. The fraction of sp³-hybridized carbons (Fsp3) is 0.345. The minimum Gasteiger partial charge on any atom is -0.302 e. The Morgan fingerprint density at radius 1 is 0.765 bits per heavy atom. The second-order valence-corrected chi connectivity index (χ2v) is 10.7. The number of carbonyl (C=O) groups excluding carboxylic acids is 1. The van der Waals surface area contributed by atoms with E-state index < -0.39 is 0 Å². The van der Waals surface area contributed by atoms with Crippen molar-refractivity contribution in [3.05, 3.63) is 102 Å². The summed E-state index contributed by atoms with van der Waals surface area (Å²) in [7, 11) is 0. The van der Waals surface area contributed by atoms with Crippen molar-refractivity contribution in [3.63, 3.8) is 0 Å². The van der Waals surface area contributed by atoms with Crippen LogP contribution in [0.1, 0.15) is 24.0 Å². The molecule has 0 saturated carbocycles. The van der Waals surface area contributed by atoms with E-state index in [1.807, 2.05) is 30.0 Å². The molecule has 2 aliphatic heterocycles. The van der Waals surface area contributed by atoms with Crippen molar-refractivity contribution in [3.8, 4) is 0 Å². The Morgan fingerprint density at radius 2 is 1.29 bits per heavy atom. The average molecular weight is 472 g/mol. The van der Waals surface area contributed by atoms with Crippen LogP contribution in [0.25, 0.3) is 0 Å². The summed E-state index contributed by atoms with van der Waals surface area (Å²) in [6.45, 7) is 6.08. The Hall–Kier alpha value is -2.60. The Morgan fingerprint density at radius 3 is 1.85 bits per heavy atom. The zero-order valence-electron chi connectivity index (χ0n) is 19.7. The van der Waals surface area contributed by atoms with Crippen molar-refractivity contribution in [1.82, 2.24) is 9.80 Å². The molecule has 0 N–H and O–H groups in total. The average Bonchev–Trinajstić information content (AvgIpc) is 3.20. The van der Waals surface area contributed by atoms with Gasteiger partial charge in [0, 0.05) is 45.0 Å². The quantitative estimate of drug-likeness (QED) is 0.448. The molecule has 1 spiro atoms. The number of likely N-dealkylation sites (tertiary alicyclic amines) is 1. The van der Waals surface area contributed by atoms with Crippen LogP contribution in [0.4, 0.5) is 5.69 Å². The van der Waals surface area contributed by atoms with Crippen molar-refractivity contribution >= 4 is 23.4 Å². The van der Waals surface area contributed by atoms with Gasteiger partial charge >= 0.3 is 0 Å². The van der Waals surface area contributed by atoms with Crippen molar-refractivity contribution in [1.29, 1.82) is 0 Å². The smallest absolute Gasteiger partial charge is 0.238 e. The summed E-state index contributed by atoms with van der Waals surface area (Å²) in [5.74, 6) is 0.846. The number of anilines is 1. The second kappa shape index (κ2) is 10.8. The van der Waals surface area contributed by atoms with Crippen LogP contribution in [0.5, 0.6) is 0 Å². The molecule has 3 aromatic carbocycles. The lowest BCUT2D eigenvalue weighted by atomic mass is 10.0. The monoisotopic (exact) mass is 471 g/mol. The number of hydrogen-bond acceptors (Lipinski definition) is 4. The highest BCUT2D eigenvalue weighted by atomic mass is 32.2. The lowest BCUT2D eigenvalue weighted by molar-refractivity contribution is -0.116. The maximum atomic E-state index is 12.8. The van der Waals surface area contributed by atoms with Crippen LogP contribution in [0.2, 0.25) is 0 Å². The zero-order chi connectivity index (χ0) is 23.2. The van der Waals surface area contributed by atoms with E-state index in [-0.39, 0.29) is 10.8 Å². The molecule has 5 heteroatoms. The molecular formula is C29H33N3OS. The summed E-state index contributed by atoms with van der Waals surface area (Å²) in [4.78, 5) is 19.9. The van der Waals surface area contributed by atoms with Gasteiger partial charge in [-0.25, -0.2) is 0 Å². The normalized spacial score (nSPS) is 18.1. The first-order valence-electron chi connectivity index (χ1n) is 12.3. The highest BCUT2D eigenvalue weighted by Crippen LogP contribution is 2.46. The van der Waals surface area contributed by atoms with Gasteiger partial charge in [-0.05, 0) is 36.1 Å². The van der Waals surface area contributed by atoms with E-state index in [0.29, 0.717) is 5.75 Å². The highest BCUT2D eigenvalue weighted by Gasteiger charge is 2.48. The molecule has 0 bridgehead atoms. The SMILES string of the molecule is O=C1CSC2(CCN(CCN(Cc3ccccc3)Cc3ccccc3)CC2)N1c1ccccc1. The molecule has 3 aromatic rings. The van der Waals surface area contributed by atoms with Gasteiger partial charge in [0.05, 0.1) is 10.6 Å². The molecule has 2 aliphatic rings. The van der Waals surface area contributed by atoms with Crippen LogP contribution in [0.3, 0.4) is 0 Å². The van der Waals surface area contributed by atoms with Gasteiger partial charge in [0.15, 0.2) is 0 Å². The molecule has 5 rings (SSSR count). The number of nitrogens with zero attached hydrogens (tertiary/aromatic N) is 3. The largest absolute Gasteiger partial charge is 0.302 e. The molecule has 176 valence electrons. The maximum absolute atomic E-state index is 12.8. The predicted octanol–water partition coefficient (Wildman–Crippen LogP) is 5.26. The molecule has 0 radical (unpaired) electrons. The van der Waals surface area contributed by atoms with E-state index in [0.717, 1.165) is 57.8 Å². The molecule has 0 unspecified atom stereocenters. The lowest BCUT2D eigenvalue weighted by Crippen LogP contribution is -2.52. The van der Waals surface area contributed by atoms with Crippen LogP contribution < -0.4 is 4.90 Å². The fourth-order valence-electron chi connectivity index (χ4n) is 5.18. The number of benzene rings is 3. The third-order valence-corrected chi connectivity index (χ3v) is 8.52. The zero-order valence-corrected chi connectivity index (χ0v) is 20.5. The standard InChI is InChI=1S/C29H33N3OS/c33-28-24-34-29(32(28)27-14-8-3-9-15-27)16-18-30(19-17-29)20-21-31(22-25-10-4-1-5-11-25)23-26-12-6-2-7-13-26/h1-15H,16-24H2. The van der Waals surface area contributed by atoms with Gasteiger partial charge in [-0.2, -0.15) is 0 Å². The van der Waals surface area contributed by atoms with E-state index in [1.54, 1.807) is 0 Å². The molecule has 2 heterocycles. The van der Waals surface area contributed by atoms with E-state index in [4.69, 9.17) is 0 Å². The van der Waals surface area contributed by atoms with Gasteiger partial charge in [0.1, 0.15) is 0 Å². The number of para-hydroxylation sites is 1. The van der Waals surface area contributed by atoms with E-state index in [1.165, 1.54) is 11.1 Å². The van der Waals surface area contributed by atoms with E-state index in [2.05, 4.69) is 87.5 Å². The Kier molecular flexibility index (Phi) is 7.33. The number of rotatable bonds is 8. The third-order valence-electron chi connectivity index (χ3n) is 7.00. The van der Waals surface area contributed by atoms with Crippen LogP contribution in [-0.4, -0.2) is 52.5 Å². The van der Waals surface area contributed by atoms with Crippen LogP contribution in [-0.2, 0) is 17.9 Å². The van der Waals surface area contributed by atoms with Gasteiger partial charge in [-0.1, -0.05) is 78.9 Å². The van der Waals surface area contributed by atoms with E-state index in [9.17, 15) is 4.79 Å². The summed E-state index contributed by atoms with van der Waals surface area (Å²) in [5, 5.41) is 0. The van der Waals surface area contributed by atoms with E-state index >= 15 is 0 Å².